The van der Waals surface area contributed by atoms with Crippen LogP contribution in [-0.2, 0) is 43.6 Å². The van der Waals surface area contributed by atoms with Crippen LogP contribution in [0, 0.1) is 0 Å². The number of rotatable bonds is 12. The number of hydrogen-bond donors (Lipinski definition) is 2. The number of aliphatic hydroxyl groups excluding tert-OH is 1. The molecule has 8 nitrogen and oxygen atoms in total. The molecule has 0 aromatic heterocycles. The van der Waals surface area contributed by atoms with Crippen molar-refractivity contribution in [1.82, 2.24) is 5.32 Å². The topological polar surface area (TPSA) is 95.5 Å². The van der Waals surface area contributed by atoms with E-state index in [-0.39, 0.29) is 25.7 Å². The molecule has 0 bridgehead atoms. The van der Waals surface area contributed by atoms with Crippen LogP contribution in [0.3, 0.4) is 0 Å². The van der Waals surface area contributed by atoms with Crippen molar-refractivity contribution in [2.45, 2.75) is 57.4 Å². The normalized spacial score (nSPS) is 23.1. The lowest BCUT2D eigenvalue weighted by Gasteiger charge is -2.44. The van der Waals surface area contributed by atoms with E-state index in [2.05, 4.69) is 5.32 Å². The minimum atomic E-state index is -1.07. The molecule has 1 amide bonds. The first-order valence-corrected chi connectivity index (χ1v) is 12.7. The lowest BCUT2D eigenvalue weighted by molar-refractivity contribution is -0.284. The van der Waals surface area contributed by atoms with E-state index in [0.29, 0.717) is 6.61 Å². The predicted molar refractivity (Wildman–Crippen MR) is 141 cm³/mol. The number of ether oxygens (including phenoxy) is 5. The van der Waals surface area contributed by atoms with Crippen molar-refractivity contribution >= 4 is 5.91 Å². The summed E-state index contributed by atoms with van der Waals surface area (Å²) in [4.78, 5) is 12.1. The molecule has 3 aromatic rings. The van der Waals surface area contributed by atoms with Gasteiger partial charge in [-0.1, -0.05) is 72.8 Å². The average molecular weight is 522 g/mol. The van der Waals surface area contributed by atoms with Gasteiger partial charge in [-0.15, -0.1) is 0 Å². The van der Waals surface area contributed by atoms with Crippen LogP contribution >= 0.6 is 0 Å². The fraction of sp³-hybridized carbons (Fsp3) is 0.367. The Morgan fingerprint density at radius 3 is 2.00 bits per heavy atom. The second kappa shape index (κ2) is 14.0. The van der Waals surface area contributed by atoms with Gasteiger partial charge in [-0.25, -0.2) is 0 Å². The first kappa shape index (κ1) is 27.8. The number of benzene rings is 3. The van der Waals surface area contributed by atoms with Crippen LogP contribution in [-0.4, -0.2) is 55.4 Å². The molecule has 0 radical (unpaired) electrons. The molecule has 3 aromatic carbocycles. The van der Waals surface area contributed by atoms with Gasteiger partial charge in [-0.3, -0.25) is 4.79 Å². The Labute approximate surface area is 223 Å². The molecule has 1 aliphatic heterocycles. The average Bonchev–Trinajstić information content (AvgIpc) is 2.94. The Hall–Kier alpha value is -3.27. The minimum absolute atomic E-state index is 0.108. The van der Waals surface area contributed by atoms with Crippen LogP contribution in [0.25, 0.3) is 0 Å². The lowest BCUT2D eigenvalue weighted by Crippen LogP contribution is -2.65. The van der Waals surface area contributed by atoms with Crippen LogP contribution in [0.4, 0.5) is 0 Å². The van der Waals surface area contributed by atoms with E-state index in [1.165, 1.54) is 6.92 Å². The van der Waals surface area contributed by atoms with E-state index >= 15 is 0 Å². The van der Waals surface area contributed by atoms with E-state index < -0.39 is 30.6 Å². The molecule has 1 saturated heterocycles. The molecule has 0 aliphatic carbocycles. The summed E-state index contributed by atoms with van der Waals surface area (Å²) >= 11 is 0. The van der Waals surface area contributed by atoms with Crippen LogP contribution in [0.5, 0.6) is 5.75 Å². The zero-order chi connectivity index (χ0) is 26.7. The molecule has 1 heterocycles. The van der Waals surface area contributed by atoms with Crippen molar-refractivity contribution in [3.05, 3.63) is 102 Å². The van der Waals surface area contributed by atoms with Crippen molar-refractivity contribution < 1.29 is 33.6 Å². The maximum atomic E-state index is 12.1. The second-order valence-electron chi connectivity index (χ2n) is 9.18. The fourth-order valence-electron chi connectivity index (χ4n) is 4.32. The number of methoxy groups -OCH3 is 1. The van der Waals surface area contributed by atoms with E-state index in [4.69, 9.17) is 23.7 Å². The SMILES string of the molecule is COc1ccc(COC[C@H]2O[C@H](OCc3ccccc3)[C@H](NC(C)=O)[C@@H](OCc3ccccc3)[C@@H]2O)cc1. The van der Waals surface area contributed by atoms with Crippen LogP contribution in [0.15, 0.2) is 84.9 Å². The Morgan fingerprint density at radius 1 is 0.842 bits per heavy atom. The van der Waals surface area contributed by atoms with Crippen LogP contribution < -0.4 is 10.1 Å². The Kier molecular flexibility index (Phi) is 10.3. The Morgan fingerprint density at radius 2 is 1.42 bits per heavy atom. The molecule has 4 rings (SSSR count). The summed E-state index contributed by atoms with van der Waals surface area (Å²) in [6.07, 6.45) is -3.45. The van der Waals surface area contributed by atoms with Crippen molar-refractivity contribution in [2.75, 3.05) is 13.7 Å². The van der Waals surface area contributed by atoms with E-state index in [1.807, 2.05) is 84.9 Å². The van der Waals surface area contributed by atoms with Crippen molar-refractivity contribution in [3.8, 4) is 5.75 Å². The van der Waals surface area contributed by atoms with E-state index in [1.54, 1.807) is 7.11 Å². The number of carbonyl (C=O) groups excluding carboxylic acids is 1. The third-order valence-corrected chi connectivity index (χ3v) is 6.30. The Bertz CT molecular complexity index is 1110. The van der Waals surface area contributed by atoms with Crippen molar-refractivity contribution in [2.24, 2.45) is 0 Å². The number of aliphatic hydroxyl groups is 1. The van der Waals surface area contributed by atoms with Crippen molar-refractivity contribution in [1.29, 1.82) is 0 Å². The monoisotopic (exact) mass is 521 g/mol. The molecule has 202 valence electrons. The van der Waals surface area contributed by atoms with Gasteiger partial charge in [0.25, 0.3) is 0 Å². The van der Waals surface area contributed by atoms with Gasteiger partial charge in [0.15, 0.2) is 6.29 Å². The third kappa shape index (κ3) is 7.86. The highest BCUT2D eigenvalue weighted by Gasteiger charge is 2.47. The van der Waals surface area contributed by atoms with Gasteiger partial charge in [0.2, 0.25) is 5.91 Å². The molecule has 2 N–H and O–H groups in total. The number of amides is 1. The molecule has 8 heteroatoms. The highest BCUT2D eigenvalue weighted by molar-refractivity contribution is 5.73. The van der Waals surface area contributed by atoms with Gasteiger partial charge in [-0.05, 0) is 28.8 Å². The summed E-state index contributed by atoms with van der Waals surface area (Å²) in [6.45, 7) is 2.37. The van der Waals surface area contributed by atoms with Gasteiger partial charge in [0.1, 0.15) is 30.1 Å². The molecule has 1 aliphatic rings. The lowest BCUT2D eigenvalue weighted by atomic mass is 9.96. The first-order valence-electron chi connectivity index (χ1n) is 12.7. The second-order valence-corrected chi connectivity index (χ2v) is 9.18. The predicted octanol–water partition coefficient (Wildman–Crippen LogP) is 3.60. The number of nitrogens with one attached hydrogen (secondary N) is 1. The summed E-state index contributed by atoms with van der Waals surface area (Å²) in [6, 6.07) is 26.2. The highest BCUT2D eigenvalue weighted by atomic mass is 16.7. The van der Waals surface area contributed by atoms with Gasteiger partial charge in [0, 0.05) is 6.92 Å². The number of carbonyl (C=O) groups is 1. The molecule has 5 atom stereocenters. The van der Waals surface area contributed by atoms with Crippen LogP contribution in [0.1, 0.15) is 23.6 Å². The van der Waals surface area contributed by atoms with Gasteiger partial charge >= 0.3 is 0 Å². The summed E-state index contributed by atoms with van der Waals surface area (Å²) < 4.78 is 29.6. The molecular weight excluding hydrogens is 486 g/mol. The van der Waals surface area contributed by atoms with E-state index in [9.17, 15) is 9.90 Å². The number of hydrogen-bond acceptors (Lipinski definition) is 7. The third-order valence-electron chi connectivity index (χ3n) is 6.30. The summed E-state index contributed by atoms with van der Waals surface area (Å²) in [7, 11) is 1.62. The summed E-state index contributed by atoms with van der Waals surface area (Å²) in [5.41, 5.74) is 2.86. The van der Waals surface area contributed by atoms with Crippen LogP contribution in [0.2, 0.25) is 0 Å². The standard InChI is InChI=1S/C30H35NO7/c1-21(32)31-27-29(36-18-22-9-5-3-6-10-22)28(33)26(20-35-17-24-13-15-25(34-2)16-14-24)38-30(27)37-19-23-11-7-4-8-12-23/h3-16,26-30,33H,17-20H2,1-2H3,(H,31,32)/t26-,27-,28-,29-,30+/m1/s1. The quantitative estimate of drug-likeness (QED) is 0.376. The van der Waals surface area contributed by atoms with E-state index in [0.717, 1.165) is 22.4 Å². The Balaban J connectivity index is 1.48. The van der Waals surface area contributed by atoms with Gasteiger partial charge in [-0.2, -0.15) is 0 Å². The largest absolute Gasteiger partial charge is 0.497 e. The molecule has 0 saturated carbocycles. The molecule has 1 fully saturated rings. The van der Waals surface area contributed by atoms with Gasteiger partial charge in [0.05, 0.1) is 33.5 Å². The van der Waals surface area contributed by atoms with Gasteiger partial charge < -0.3 is 34.1 Å². The molecule has 0 unspecified atom stereocenters. The highest BCUT2D eigenvalue weighted by Crippen LogP contribution is 2.27. The summed E-state index contributed by atoms with van der Waals surface area (Å²) in [5, 5.41) is 14.2. The zero-order valence-electron chi connectivity index (χ0n) is 21.7. The molecule has 0 spiro atoms. The first-order chi connectivity index (χ1) is 18.5. The fourth-order valence-corrected chi connectivity index (χ4v) is 4.32. The maximum Gasteiger partial charge on any atom is 0.217 e. The van der Waals surface area contributed by atoms with Crippen molar-refractivity contribution in [3.63, 3.8) is 0 Å². The smallest absolute Gasteiger partial charge is 0.217 e. The summed E-state index contributed by atoms with van der Waals surface area (Å²) in [5.74, 6) is 0.488. The minimum Gasteiger partial charge on any atom is -0.497 e. The molecular formula is C30H35NO7. The molecule has 38 heavy (non-hydrogen) atoms. The maximum absolute atomic E-state index is 12.1. The zero-order valence-corrected chi connectivity index (χ0v) is 21.7.